The molecule has 0 unspecified atom stereocenters. The molecular formula is C18H15N3S. The van der Waals surface area contributed by atoms with E-state index in [1.54, 1.807) is 11.3 Å². The molecule has 2 heterocycles. The number of nitrogens with one attached hydrogen (secondary N) is 1. The van der Waals surface area contributed by atoms with Gasteiger partial charge in [0.2, 0.25) is 0 Å². The largest absolute Gasteiger partial charge is 0.341 e. The van der Waals surface area contributed by atoms with Crippen molar-refractivity contribution in [3.8, 4) is 0 Å². The van der Waals surface area contributed by atoms with E-state index < -0.39 is 0 Å². The van der Waals surface area contributed by atoms with E-state index in [0.717, 1.165) is 33.4 Å². The number of hydrogen-bond acceptors (Lipinski definition) is 4. The van der Waals surface area contributed by atoms with Crippen molar-refractivity contribution in [2.24, 2.45) is 0 Å². The first-order valence-corrected chi connectivity index (χ1v) is 7.87. The molecule has 2 aromatic carbocycles. The molecule has 0 saturated heterocycles. The minimum Gasteiger partial charge on any atom is -0.341 e. The van der Waals surface area contributed by atoms with Gasteiger partial charge in [0.1, 0.15) is 5.82 Å². The van der Waals surface area contributed by atoms with Gasteiger partial charge in [-0.2, -0.15) is 0 Å². The lowest BCUT2D eigenvalue weighted by molar-refractivity contribution is 1.13. The first-order valence-electron chi connectivity index (χ1n) is 7.05. The summed E-state index contributed by atoms with van der Waals surface area (Å²) >= 11 is 1.65. The van der Waals surface area contributed by atoms with Gasteiger partial charge in [-0.1, -0.05) is 48.8 Å². The minimum atomic E-state index is 0.777. The fraction of sp³-hybridized carbons (Fsp3) is 0.0556. The van der Waals surface area contributed by atoms with Crippen molar-refractivity contribution >= 4 is 38.1 Å². The van der Waals surface area contributed by atoms with Gasteiger partial charge in [0.25, 0.3) is 0 Å². The van der Waals surface area contributed by atoms with E-state index in [-0.39, 0.29) is 0 Å². The Labute approximate surface area is 133 Å². The fourth-order valence-corrected chi connectivity index (χ4v) is 3.80. The second kappa shape index (κ2) is 4.71. The highest BCUT2D eigenvalue weighted by Crippen LogP contribution is 2.40. The normalized spacial score (nSPS) is 14.1. The standard InChI is InChI=1S/C18H15N3S/c1-11-8-9-16-17(10-11)22-18(20-16)21-12(2)14-6-4-5-7-15(14)19-13(21)3/h4-10,19H,2-3H2,1H3. The van der Waals surface area contributed by atoms with E-state index in [1.165, 1.54) is 10.3 Å². The molecule has 3 nitrogen and oxygen atoms in total. The van der Waals surface area contributed by atoms with E-state index >= 15 is 0 Å². The summed E-state index contributed by atoms with van der Waals surface area (Å²) in [7, 11) is 0. The Morgan fingerprint density at radius 3 is 2.82 bits per heavy atom. The molecule has 0 bridgehead atoms. The number of fused-ring (bicyclic) bond motifs is 2. The number of hydrogen-bond donors (Lipinski definition) is 1. The molecule has 0 spiro atoms. The Hall–Kier alpha value is -2.59. The number of thiazole rings is 1. The molecule has 0 amide bonds. The summed E-state index contributed by atoms with van der Waals surface area (Å²) in [6.07, 6.45) is 0. The molecule has 4 rings (SSSR count). The van der Waals surface area contributed by atoms with Gasteiger partial charge < -0.3 is 5.32 Å². The summed E-state index contributed by atoms with van der Waals surface area (Å²) in [6.45, 7) is 10.5. The van der Waals surface area contributed by atoms with Crippen molar-refractivity contribution in [2.75, 3.05) is 10.2 Å². The van der Waals surface area contributed by atoms with Gasteiger partial charge >= 0.3 is 0 Å². The van der Waals surface area contributed by atoms with E-state index in [4.69, 9.17) is 4.98 Å². The molecule has 1 aliphatic rings. The fourth-order valence-electron chi connectivity index (χ4n) is 2.68. The zero-order chi connectivity index (χ0) is 15.3. The van der Waals surface area contributed by atoms with Gasteiger partial charge in [-0.3, -0.25) is 4.90 Å². The highest BCUT2D eigenvalue weighted by molar-refractivity contribution is 7.22. The summed E-state index contributed by atoms with van der Waals surface area (Å²) in [5, 5.41) is 4.22. The van der Waals surface area contributed by atoms with Crippen LogP contribution in [0.2, 0.25) is 0 Å². The molecule has 0 aliphatic carbocycles. The Morgan fingerprint density at radius 1 is 1.14 bits per heavy atom. The molecule has 3 aromatic rings. The summed E-state index contributed by atoms with van der Waals surface area (Å²) in [6, 6.07) is 14.4. The molecule has 0 radical (unpaired) electrons. The Kier molecular flexibility index (Phi) is 2.81. The lowest BCUT2D eigenvalue weighted by Crippen LogP contribution is -2.29. The summed E-state index contributed by atoms with van der Waals surface area (Å²) < 4.78 is 1.18. The SMILES string of the molecule is C=C1Nc2ccccc2C(=C)N1c1nc2ccc(C)cc2s1. The smallest absolute Gasteiger partial charge is 0.196 e. The van der Waals surface area contributed by atoms with Gasteiger partial charge in [-0.05, 0) is 30.7 Å². The van der Waals surface area contributed by atoms with Crippen LogP contribution in [-0.2, 0) is 0 Å². The zero-order valence-electron chi connectivity index (χ0n) is 12.3. The third-order valence-electron chi connectivity index (χ3n) is 3.78. The van der Waals surface area contributed by atoms with Crippen LogP contribution >= 0.6 is 11.3 Å². The number of aryl methyl sites for hydroxylation is 1. The third kappa shape index (κ3) is 1.92. The van der Waals surface area contributed by atoms with Gasteiger partial charge in [0.15, 0.2) is 5.13 Å². The van der Waals surface area contributed by atoms with Crippen LogP contribution in [0, 0.1) is 6.92 Å². The molecule has 1 aromatic heterocycles. The highest BCUT2D eigenvalue weighted by Gasteiger charge is 2.25. The molecule has 1 N–H and O–H groups in total. The predicted molar refractivity (Wildman–Crippen MR) is 95.1 cm³/mol. The number of benzene rings is 2. The van der Waals surface area contributed by atoms with Crippen molar-refractivity contribution < 1.29 is 0 Å². The number of para-hydroxylation sites is 1. The Bertz CT molecular complexity index is 923. The maximum absolute atomic E-state index is 4.73. The highest BCUT2D eigenvalue weighted by atomic mass is 32.1. The van der Waals surface area contributed by atoms with Crippen LogP contribution in [-0.4, -0.2) is 4.98 Å². The van der Waals surface area contributed by atoms with E-state index in [1.807, 2.05) is 23.1 Å². The van der Waals surface area contributed by atoms with E-state index in [9.17, 15) is 0 Å². The van der Waals surface area contributed by atoms with Gasteiger partial charge in [-0.25, -0.2) is 4.98 Å². The van der Waals surface area contributed by atoms with E-state index in [0.29, 0.717) is 0 Å². The molecule has 0 fully saturated rings. The lowest BCUT2D eigenvalue weighted by Gasteiger charge is -2.33. The molecule has 22 heavy (non-hydrogen) atoms. The molecule has 0 atom stereocenters. The maximum Gasteiger partial charge on any atom is 0.196 e. The van der Waals surface area contributed by atoms with Crippen LogP contribution in [0.4, 0.5) is 10.8 Å². The van der Waals surface area contributed by atoms with Crippen molar-refractivity contribution in [2.45, 2.75) is 6.92 Å². The monoisotopic (exact) mass is 305 g/mol. The Morgan fingerprint density at radius 2 is 1.95 bits per heavy atom. The average Bonchev–Trinajstić information content (AvgIpc) is 2.89. The number of aromatic nitrogens is 1. The topological polar surface area (TPSA) is 28.2 Å². The van der Waals surface area contributed by atoms with Crippen LogP contribution in [0.1, 0.15) is 11.1 Å². The molecule has 1 aliphatic heterocycles. The van der Waals surface area contributed by atoms with Crippen molar-refractivity contribution in [3.05, 3.63) is 72.6 Å². The van der Waals surface area contributed by atoms with Gasteiger partial charge in [0, 0.05) is 11.3 Å². The van der Waals surface area contributed by atoms with Gasteiger partial charge in [-0.15, -0.1) is 0 Å². The number of rotatable bonds is 1. The number of nitrogens with zero attached hydrogens (tertiary/aromatic N) is 2. The van der Waals surface area contributed by atoms with Crippen molar-refractivity contribution in [1.29, 1.82) is 0 Å². The second-order valence-corrected chi connectivity index (χ2v) is 6.38. The van der Waals surface area contributed by atoms with Crippen molar-refractivity contribution in [3.63, 3.8) is 0 Å². The predicted octanol–water partition coefficient (Wildman–Crippen LogP) is 4.98. The van der Waals surface area contributed by atoms with Crippen LogP contribution in [0.5, 0.6) is 0 Å². The van der Waals surface area contributed by atoms with Crippen LogP contribution in [0.25, 0.3) is 15.9 Å². The lowest BCUT2D eigenvalue weighted by atomic mass is 10.1. The molecule has 0 saturated carbocycles. The van der Waals surface area contributed by atoms with Crippen LogP contribution in [0.15, 0.2) is 61.4 Å². The van der Waals surface area contributed by atoms with Gasteiger partial charge in [0.05, 0.1) is 15.9 Å². The van der Waals surface area contributed by atoms with Crippen LogP contribution in [0.3, 0.4) is 0 Å². The Balaban J connectivity index is 1.84. The zero-order valence-corrected chi connectivity index (χ0v) is 13.1. The summed E-state index contributed by atoms with van der Waals surface area (Å²) in [4.78, 5) is 6.72. The average molecular weight is 305 g/mol. The first-order chi connectivity index (χ1) is 10.6. The summed E-state index contributed by atoms with van der Waals surface area (Å²) in [5.74, 6) is 0.777. The maximum atomic E-state index is 4.73. The van der Waals surface area contributed by atoms with Crippen LogP contribution < -0.4 is 10.2 Å². The first kappa shape index (κ1) is 13.1. The minimum absolute atomic E-state index is 0.777. The second-order valence-electron chi connectivity index (χ2n) is 5.37. The van der Waals surface area contributed by atoms with Crippen molar-refractivity contribution in [1.82, 2.24) is 4.98 Å². The molecule has 4 heteroatoms. The molecule has 108 valence electrons. The van der Waals surface area contributed by atoms with E-state index in [2.05, 4.69) is 49.7 Å². The quantitative estimate of drug-likeness (QED) is 0.687. The third-order valence-corrected chi connectivity index (χ3v) is 4.78. The molecular weight excluding hydrogens is 290 g/mol. The number of anilines is 2. The summed E-state index contributed by atoms with van der Waals surface area (Å²) in [5.41, 5.74) is 5.25.